The number of hydrogen-bond acceptors (Lipinski definition) is 4. The maximum atomic E-state index is 10.8. The van der Waals surface area contributed by atoms with Crippen molar-refractivity contribution in [2.24, 2.45) is 0 Å². The first kappa shape index (κ1) is 12.2. The van der Waals surface area contributed by atoms with Crippen LogP contribution in [0.2, 0.25) is 0 Å². The molecule has 0 bridgehead atoms. The van der Waals surface area contributed by atoms with Gasteiger partial charge >= 0.3 is 5.97 Å². The zero-order valence-electron chi connectivity index (χ0n) is 10.1. The molecule has 5 nitrogen and oxygen atoms in total. The highest BCUT2D eigenvalue weighted by atomic mass is 16.5. The SMILES string of the molecule is Cc1cccc(OCc2ocnc2C(=O)O)c1C. The zero-order valence-corrected chi connectivity index (χ0v) is 10.1. The molecule has 1 aromatic heterocycles. The molecule has 0 aliphatic heterocycles. The third kappa shape index (κ3) is 2.34. The number of carbonyl (C=O) groups is 1. The highest BCUT2D eigenvalue weighted by Crippen LogP contribution is 2.22. The lowest BCUT2D eigenvalue weighted by Crippen LogP contribution is -2.04. The summed E-state index contributed by atoms with van der Waals surface area (Å²) < 4.78 is 10.6. The Hall–Kier alpha value is -2.30. The molecule has 94 valence electrons. The highest BCUT2D eigenvalue weighted by molar-refractivity contribution is 5.86. The monoisotopic (exact) mass is 247 g/mol. The first-order chi connectivity index (χ1) is 8.59. The summed E-state index contributed by atoms with van der Waals surface area (Å²) in [5, 5.41) is 8.87. The van der Waals surface area contributed by atoms with Crippen molar-refractivity contribution in [3.05, 3.63) is 47.2 Å². The van der Waals surface area contributed by atoms with Gasteiger partial charge in [-0.3, -0.25) is 0 Å². The van der Waals surface area contributed by atoms with Gasteiger partial charge < -0.3 is 14.3 Å². The van der Waals surface area contributed by atoms with E-state index < -0.39 is 5.97 Å². The van der Waals surface area contributed by atoms with E-state index >= 15 is 0 Å². The second-order valence-corrected chi connectivity index (χ2v) is 3.92. The molecule has 1 heterocycles. The van der Waals surface area contributed by atoms with E-state index in [-0.39, 0.29) is 18.1 Å². The number of hydrogen-bond donors (Lipinski definition) is 1. The van der Waals surface area contributed by atoms with Gasteiger partial charge in [0, 0.05) is 0 Å². The van der Waals surface area contributed by atoms with Gasteiger partial charge in [0.25, 0.3) is 0 Å². The molecule has 2 aromatic rings. The van der Waals surface area contributed by atoms with Crippen molar-refractivity contribution in [3.8, 4) is 5.75 Å². The third-order valence-electron chi connectivity index (χ3n) is 2.76. The summed E-state index contributed by atoms with van der Waals surface area (Å²) in [5.41, 5.74) is 2.03. The van der Waals surface area contributed by atoms with Gasteiger partial charge in [0.1, 0.15) is 12.4 Å². The molecule has 0 radical (unpaired) electrons. The first-order valence-electron chi connectivity index (χ1n) is 5.44. The second-order valence-electron chi connectivity index (χ2n) is 3.92. The summed E-state index contributed by atoms with van der Waals surface area (Å²) >= 11 is 0. The Morgan fingerprint density at radius 3 is 2.94 bits per heavy atom. The van der Waals surface area contributed by atoms with Gasteiger partial charge in [0.2, 0.25) is 0 Å². The van der Waals surface area contributed by atoms with Crippen LogP contribution in [0.15, 0.2) is 29.0 Å². The van der Waals surface area contributed by atoms with Crippen LogP contribution in [0.1, 0.15) is 27.4 Å². The molecule has 1 aromatic carbocycles. The van der Waals surface area contributed by atoms with Gasteiger partial charge in [0.15, 0.2) is 17.8 Å². The predicted molar refractivity (Wildman–Crippen MR) is 63.7 cm³/mol. The van der Waals surface area contributed by atoms with Crippen molar-refractivity contribution in [1.82, 2.24) is 4.98 Å². The molecule has 5 heteroatoms. The molecule has 0 saturated heterocycles. The molecule has 0 spiro atoms. The van der Waals surface area contributed by atoms with Crippen molar-refractivity contribution in [2.45, 2.75) is 20.5 Å². The van der Waals surface area contributed by atoms with E-state index in [2.05, 4.69) is 4.98 Å². The molecule has 0 fully saturated rings. The van der Waals surface area contributed by atoms with E-state index in [0.29, 0.717) is 5.75 Å². The van der Waals surface area contributed by atoms with E-state index in [1.165, 1.54) is 0 Å². The largest absolute Gasteiger partial charge is 0.485 e. The Kier molecular flexibility index (Phi) is 3.32. The van der Waals surface area contributed by atoms with Crippen molar-refractivity contribution in [3.63, 3.8) is 0 Å². The van der Waals surface area contributed by atoms with Crippen LogP contribution in [0, 0.1) is 13.8 Å². The van der Waals surface area contributed by atoms with Gasteiger partial charge in [-0.2, -0.15) is 0 Å². The predicted octanol–water partition coefficient (Wildman–Crippen LogP) is 2.57. The number of nitrogens with zero attached hydrogens (tertiary/aromatic N) is 1. The number of benzene rings is 1. The van der Waals surface area contributed by atoms with Crippen molar-refractivity contribution < 1.29 is 19.1 Å². The minimum atomic E-state index is -1.12. The van der Waals surface area contributed by atoms with Crippen molar-refractivity contribution in [2.75, 3.05) is 0 Å². The second kappa shape index (κ2) is 4.91. The third-order valence-corrected chi connectivity index (χ3v) is 2.76. The average Bonchev–Trinajstić information content (AvgIpc) is 2.79. The van der Waals surface area contributed by atoms with Gasteiger partial charge in [-0.15, -0.1) is 0 Å². The highest BCUT2D eigenvalue weighted by Gasteiger charge is 2.16. The molecule has 0 aliphatic rings. The summed E-state index contributed by atoms with van der Waals surface area (Å²) in [5.74, 6) is -0.200. The van der Waals surface area contributed by atoms with Crippen LogP contribution in [0.4, 0.5) is 0 Å². The van der Waals surface area contributed by atoms with E-state index in [1.807, 2.05) is 32.0 Å². The number of aromatic nitrogens is 1. The maximum Gasteiger partial charge on any atom is 0.358 e. The van der Waals surface area contributed by atoms with Crippen molar-refractivity contribution in [1.29, 1.82) is 0 Å². The summed E-state index contributed by atoms with van der Waals surface area (Å²) in [7, 11) is 0. The van der Waals surface area contributed by atoms with Gasteiger partial charge in [-0.05, 0) is 31.0 Å². The fraction of sp³-hybridized carbons (Fsp3) is 0.231. The van der Waals surface area contributed by atoms with E-state index in [9.17, 15) is 4.79 Å². The smallest absolute Gasteiger partial charge is 0.358 e. The van der Waals surface area contributed by atoms with Gasteiger partial charge in [0.05, 0.1) is 0 Å². The van der Waals surface area contributed by atoms with Crippen molar-refractivity contribution >= 4 is 5.97 Å². The topological polar surface area (TPSA) is 72.6 Å². The van der Waals surface area contributed by atoms with Crippen LogP contribution in [0.25, 0.3) is 0 Å². The molecule has 0 aliphatic carbocycles. The van der Waals surface area contributed by atoms with Crippen LogP contribution in [-0.4, -0.2) is 16.1 Å². The molecular formula is C13H13NO4. The standard InChI is InChI=1S/C13H13NO4/c1-8-4-3-5-10(9(8)2)17-6-11-12(13(15)16)14-7-18-11/h3-5,7H,6H2,1-2H3,(H,15,16). The molecule has 18 heavy (non-hydrogen) atoms. The Morgan fingerprint density at radius 1 is 1.44 bits per heavy atom. The number of ether oxygens (including phenoxy) is 1. The Bertz CT molecular complexity index is 574. The Labute approximate surface area is 104 Å². The molecule has 0 amide bonds. The van der Waals surface area contributed by atoms with Gasteiger partial charge in [-0.25, -0.2) is 9.78 Å². The fourth-order valence-electron chi connectivity index (χ4n) is 1.57. The summed E-state index contributed by atoms with van der Waals surface area (Å²) in [6.07, 6.45) is 1.10. The summed E-state index contributed by atoms with van der Waals surface area (Å²) in [6, 6.07) is 5.70. The lowest BCUT2D eigenvalue weighted by atomic mass is 10.1. The Morgan fingerprint density at radius 2 is 2.22 bits per heavy atom. The summed E-state index contributed by atoms with van der Waals surface area (Å²) in [6.45, 7) is 3.98. The van der Waals surface area contributed by atoms with Crippen LogP contribution >= 0.6 is 0 Å². The molecular weight excluding hydrogens is 234 g/mol. The summed E-state index contributed by atoms with van der Waals surface area (Å²) in [4.78, 5) is 14.5. The number of rotatable bonds is 4. The lowest BCUT2D eigenvalue weighted by Gasteiger charge is -2.09. The first-order valence-corrected chi connectivity index (χ1v) is 5.44. The van der Waals surface area contributed by atoms with Crippen LogP contribution in [0.5, 0.6) is 5.75 Å². The van der Waals surface area contributed by atoms with Gasteiger partial charge in [-0.1, -0.05) is 12.1 Å². The van der Waals surface area contributed by atoms with E-state index in [0.717, 1.165) is 17.5 Å². The number of carboxylic acid groups (broad SMARTS) is 1. The molecule has 2 rings (SSSR count). The van der Waals surface area contributed by atoms with Crippen LogP contribution in [0.3, 0.4) is 0 Å². The quantitative estimate of drug-likeness (QED) is 0.898. The molecule has 0 atom stereocenters. The average molecular weight is 247 g/mol. The minimum absolute atomic E-state index is 0.0475. The van der Waals surface area contributed by atoms with E-state index in [1.54, 1.807) is 0 Å². The maximum absolute atomic E-state index is 10.8. The number of aromatic carboxylic acids is 1. The molecule has 1 N–H and O–H groups in total. The lowest BCUT2D eigenvalue weighted by molar-refractivity contribution is 0.0686. The molecule has 0 saturated carbocycles. The minimum Gasteiger partial charge on any atom is -0.485 e. The van der Waals surface area contributed by atoms with Crippen LogP contribution < -0.4 is 4.74 Å². The van der Waals surface area contributed by atoms with Crippen LogP contribution in [-0.2, 0) is 6.61 Å². The fourth-order valence-corrected chi connectivity index (χ4v) is 1.57. The normalized spacial score (nSPS) is 10.3. The number of oxazole rings is 1. The molecule has 0 unspecified atom stereocenters. The number of aryl methyl sites for hydroxylation is 1. The Balaban J connectivity index is 2.14. The zero-order chi connectivity index (χ0) is 13.1. The number of carboxylic acids is 1. The van der Waals surface area contributed by atoms with E-state index in [4.69, 9.17) is 14.3 Å².